The van der Waals surface area contributed by atoms with E-state index in [1.54, 1.807) is 0 Å². The van der Waals surface area contributed by atoms with E-state index in [1.165, 1.54) is 5.56 Å². The van der Waals surface area contributed by atoms with Gasteiger partial charge in [0.25, 0.3) is 0 Å². The summed E-state index contributed by atoms with van der Waals surface area (Å²) in [5.74, 6) is -0.144. The SMILES string of the molecule is CCCN(CC(=O)OC(C)C)Cc1ccccc1. The van der Waals surface area contributed by atoms with Gasteiger partial charge in [0.1, 0.15) is 0 Å². The molecule has 0 aliphatic carbocycles. The number of carbonyl (C=O) groups is 1. The van der Waals surface area contributed by atoms with Gasteiger partial charge in [-0.1, -0.05) is 37.3 Å². The van der Waals surface area contributed by atoms with E-state index in [1.807, 2.05) is 32.0 Å². The Kier molecular flexibility index (Phi) is 6.44. The van der Waals surface area contributed by atoms with Crippen molar-refractivity contribution in [2.75, 3.05) is 13.1 Å². The minimum absolute atomic E-state index is 0.0438. The lowest BCUT2D eigenvalue weighted by Crippen LogP contribution is -2.32. The number of carbonyl (C=O) groups excluding carboxylic acids is 1. The second-order valence-electron chi connectivity index (χ2n) is 4.73. The second-order valence-corrected chi connectivity index (χ2v) is 4.73. The molecular weight excluding hydrogens is 226 g/mol. The summed E-state index contributed by atoms with van der Waals surface area (Å²) in [5, 5.41) is 0. The van der Waals surface area contributed by atoms with Crippen LogP contribution in [0.25, 0.3) is 0 Å². The first kappa shape index (κ1) is 14.7. The van der Waals surface area contributed by atoms with Gasteiger partial charge in [0, 0.05) is 6.54 Å². The number of rotatable bonds is 7. The van der Waals surface area contributed by atoms with Crippen molar-refractivity contribution in [3.63, 3.8) is 0 Å². The van der Waals surface area contributed by atoms with Crippen LogP contribution in [0.2, 0.25) is 0 Å². The zero-order valence-corrected chi connectivity index (χ0v) is 11.6. The Morgan fingerprint density at radius 1 is 1.28 bits per heavy atom. The third kappa shape index (κ3) is 5.82. The lowest BCUT2D eigenvalue weighted by atomic mass is 10.2. The summed E-state index contributed by atoms with van der Waals surface area (Å²) in [6, 6.07) is 10.2. The molecule has 0 bridgehead atoms. The van der Waals surface area contributed by atoms with Gasteiger partial charge in [0.2, 0.25) is 0 Å². The summed E-state index contributed by atoms with van der Waals surface area (Å²) in [6.07, 6.45) is 0.986. The molecular formula is C15H23NO2. The van der Waals surface area contributed by atoms with Crippen molar-refractivity contribution in [1.29, 1.82) is 0 Å². The number of ether oxygens (including phenoxy) is 1. The lowest BCUT2D eigenvalue weighted by molar-refractivity contribution is -0.148. The molecule has 0 heterocycles. The molecule has 0 fully saturated rings. The molecule has 0 atom stereocenters. The molecule has 0 saturated carbocycles. The minimum atomic E-state index is -0.144. The van der Waals surface area contributed by atoms with Crippen molar-refractivity contribution in [3.05, 3.63) is 35.9 Å². The van der Waals surface area contributed by atoms with Crippen molar-refractivity contribution < 1.29 is 9.53 Å². The topological polar surface area (TPSA) is 29.5 Å². The fourth-order valence-electron chi connectivity index (χ4n) is 1.85. The number of hydrogen-bond donors (Lipinski definition) is 0. The van der Waals surface area contributed by atoms with E-state index in [0.717, 1.165) is 19.5 Å². The van der Waals surface area contributed by atoms with Crippen LogP contribution in [0.15, 0.2) is 30.3 Å². The monoisotopic (exact) mass is 249 g/mol. The fraction of sp³-hybridized carbons (Fsp3) is 0.533. The predicted molar refractivity (Wildman–Crippen MR) is 73.2 cm³/mol. The first-order valence-corrected chi connectivity index (χ1v) is 6.57. The van der Waals surface area contributed by atoms with Crippen LogP contribution in [0, 0.1) is 0 Å². The van der Waals surface area contributed by atoms with Crippen molar-refractivity contribution in [3.8, 4) is 0 Å². The maximum Gasteiger partial charge on any atom is 0.320 e. The van der Waals surface area contributed by atoms with Crippen LogP contribution in [0.1, 0.15) is 32.8 Å². The van der Waals surface area contributed by atoms with E-state index in [9.17, 15) is 4.79 Å². The van der Waals surface area contributed by atoms with E-state index in [-0.39, 0.29) is 12.1 Å². The van der Waals surface area contributed by atoms with Crippen LogP contribution in [0.3, 0.4) is 0 Å². The number of hydrogen-bond acceptors (Lipinski definition) is 3. The molecule has 0 aliphatic rings. The Labute approximate surface area is 110 Å². The number of nitrogens with zero attached hydrogens (tertiary/aromatic N) is 1. The van der Waals surface area contributed by atoms with Gasteiger partial charge in [0.05, 0.1) is 12.6 Å². The zero-order valence-electron chi connectivity index (χ0n) is 11.6. The third-order valence-corrected chi connectivity index (χ3v) is 2.51. The molecule has 1 aromatic rings. The highest BCUT2D eigenvalue weighted by molar-refractivity contribution is 5.71. The molecule has 0 N–H and O–H groups in total. The second kappa shape index (κ2) is 7.88. The maximum absolute atomic E-state index is 11.7. The van der Waals surface area contributed by atoms with Gasteiger partial charge in [-0.3, -0.25) is 9.69 Å². The number of esters is 1. The Bertz CT molecular complexity index is 349. The molecule has 0 radical (unpaired) electrons. The van der Waals surface area contributed by atoms with E-state index in [0.29, 0.717) is 6.54 Å². The first-order valence-electron chi connectivity index (χ1n) is 6.57. The molecule has 3 heteroatoms. The summed E-state index contributed by atoms with van der Waals surface area (Å²) in [4.78, 5) is 13.8. The van der Waals surface area contributed by atoms with E-state index in [4.69, 9.17) is 4.74 Å². The highest BCUT2D eigenvalue weighted by Gasteiger charge is 2.12. The van der Waals surface area contributed by atoms with Gasteiger partial charge >= 0.3 is 5.97 Å². The molecule has 0 unspecified atom stereocenters. The summed E-state index contributed by atoms with van der Waals surface area (Å²) in [7, 11) is 0. The average Bonchev–Trinajstić information content (AvgIpc) is 2.29. The van der Waals surface area contributed by atoms with Crippen LogP contribution in [0.5, 0.6) is 0 Å². The standard InChI is InChI=1S/C15H23NO2/c1-4-10-16(12-15(17)18-13(2)3)11-14-8-6-5-7-9-14/h5-9,13H,4,10-12H2,1-3H3. The Hall–Kier alpha value is -1.35. The van der Waals surface area contributed by atoms with Crippen LogP contribution in [0.4, 0.5) is 0 Å². The molecule has 0 aromatic heterocycles. The van der Waals surface area contributed by atoms with E-state index in [2.05, 4.69) is 24.0 Å². The molecule has 0 saturated heterocycles. The Morgan fingerprint density at radius 2 is 1.94 bits per heavy atom. The van der Waals surface area contributed by atoms with Crippen LogP contribution in [-0.4, -0.2) is 30.1 Å². The quantitative estimate of drug-likeness (QED) is 0.696. The third-order valence-electron chi connectivity index (χ3n) is 2.51. The first-order chi connectivity index (χ1) is 8.61. The van der Waals surface area contributed by atoms with Gasteiger partial charge < -0.3 is 4.74 Å². The van der Waals surface area contributed by atoms with Crippen LogP contribution < -0.4 is 0 Å². The smallest absolute Gasteiger partial charge is 0.320 e. The predicted octanol–water partition coefficient (Wildman–Crippen LogP) is 2.85. The molecule has 1 rings (SSSR count). The molecule has 1 aromatic carbocycles. The van der Waals surface area contributed by atoms with Crippen molar-refractivity contribution in [2.24, 2.45) is 0 Å². The summed E-state index contributed by atoms with van der Waals surface area (Å²) >= 11 is 0. The Morgan fingerprint density at radius 3 is 2.50 bits per heavy atom. The van der Waals surface area contributed by atoms with Crippen molar-refractivity contribution >= 4 is 5.97 Å². The molecule has 18 heavy (non-hydrogen) atoms. The van der Waals surface area contributed by atoms with Crippen LogP contribution >= 0.6 is 0 Å². The molecule has 0 spiro atoms. The summed E-state index contributed by atoms with van der Waals surface area (Å²) in [6.45, 7) is 7.93. The van der Waals surface area contributed by atoms with Gasteiger partial charge in [0.15, 0.2) is 0 Å². The highest BCUT2D eigenvalue weighted by Crippen LogP contribution is 2.05. The summed E-state index contributed by atoms with van der Waals surface area (Å²) < 4.78 is 5.18. The normalized spacial score (nSPS) is 10.9. The van der Waals surface area contributed by atoms with Crippen molar-refractivity contribution in [2.45, 2.75) is 39.8 Å². The molecule has 0 amide bonds. The highest BCUT2D eigenvalue weighted by atomic mass is 16.5. The largest absolute Gasteiger partial charge is 0.462 e. The Balaban J connectivity index is 2.52. The lowest BCUT2D eigenvalue weighted by Gasteiger charge is -2.21. The van der Waals surface area contributed by atoms with Gasteiger partial charge in [-0.15, -0.1) is 0 Å². The zero-order chi connectivity index (χ0) is 13.4. The number of benzene rings is 1. The summed E-state index contributed by atoms with van der Waals surface area (Å²) in [5.41, 5.74) is 1.23. The van der Waals surface area contributed by atoms with Crippen molar-refractivity contribution in [1.82, 2.24) is 4.90 Å². The van der Waals surface area contributed by atoms with Gasteiger partial charge in [-0.25, -0.2) is 0 Å². The fourth-order valence-corrected chi connectivity index (χ4v) is 1.85. The maximum atomic E-state index is 11.7. The molecule has 0 aliphatic heterocycles. The van der Waals surface area contributed by atoms with E-state index < -0.39 is 0 Å². The molecule has 3 nitrogen and oxygen atoms in total. The molecule has 100 valence electrons. The van der Waals surface area contributed by atoms with Gasteiger partial charge in [-0.05, 0) is 32.4 Å². The average molecular weight is 249 g/mol. The minimum Gasteiger partial charge on any atom is -0.462 e. The van der Waals surface area contributed by atoms with E-state index >= 15 is 0 Å². The van der Waals surface area contributed by atoms with Crippen LogP contribution in [-0.2, 0) is 16.1 Å². The van der Waals surface area contributed by atoms with Gasteiger partial charge in [-0.2, -0.15) is 0 Å².